The van der Waals surface area contributed by atoms with Gasteiger partial charge in [0.25, 0.3) is 5.91 Å². The smallest absolute Gasteiger partial charge is 0.416 e. The van der Waals surface area contributed by atoms with E-state index >= 15 is 0 Å². The van der Waals surface area contributed by atoms with E-state index in [4.69, 9.17) is 9.47 Å². The molecule has 2 rings (SSSR count). The van der Waals surface area contributed by atoms with Crippen molar-refractivity contribution in [2.75, 3.05) is 11.6 Å². The topological polar surface area (TPSA) is 55.8 Å². The number of alkyl halides is 3. The monoisotopic (exact) mass is 343 g/mol. The van der Waals surface area contributed by atoms with Crippen LogP contribution in [0.15, 0.2) is 36.9 Å². The third-order valence-corrected chi connectivity index (χ3v) is 3.42. The molecule has 1 amide bonds. The lowest BCUT2D eigenvalue weighted by Crippen LogP contribution is -2.39. The molecular formula is C16H16F3NO4. The minimum absolute atomic E-state index is 0.00638. The van der Waals surface area contributed by atoms with E-state index in [9.17, 15) is 22.8 Å². The molecule has 0 spiro atoms. The van der Waals surface area contributed by atoms with Gasteiger partial charge in [-0.1, -0.05) is 12.6 Å². The number of esters is 1. The summed E-state index contributed by atoms with van der Waals surface area (Å²) in [5.74, 6) is -1.70. The van der Waals surface area contributed by atoms with E-state index in [0.29, 0.717) is 0 Å². The van der Waals surface area contributed by atoms with Gasteiger partial charge in [-0.3, -0.25) is 9.69 Å². The Morgan fingerprint density at radius 3 is 2.67 bits per heavy atom. The van der Waals surface area contributed by atoms with Gasteiger partial charge < -0.3 is 9.47 Å². The predicted molar refractivity (Wildman–Crippen MR) is 79.0 cm³/mol. The summed E-state index contributed by atoms with van der Waals surface area (Å²) < 4.78 is 48.5. The van der Waals surface area contributed by atoms with Gasteiger partial charge in [0.1, 0.15) is 12.3 Å². The van der Waals surface area contributed by atoms with Crippen LogP contribution >= 0.6 is 0 Å². The average Bonchev–Trinajstić information content (AvgIpc) is 2.88. The number of amides is 1. The maximum atomic E-state index is 12.8. The molecule has 130 valence electrons. The fraction of sp³-hybridized carbons (Fsp3) is 0.375. The van der Waals surface area contributed by atoms with E-state index in [1.54, 1.807) is 13.8 Å². The van der Waals surface area contributed by atoms with Crippen molar-refractivity contribution in [3.05, 3.63) is 42.5 Å². The van der Waals surface area contributed by atoms with Crippen molar-refractivity contribution in [2.24, 2.45) is 0 Å². The Hall–Kier alpha value is -2.35. The first-order valence-electron chi connectivity index (χ1n) is 7.02. The first-order chi connectivity index (χ1) is 11.0. The van der Waals surface area contributed by atoms with Crippen LogP contribution in [-0.2, 0) is 25.2 Å². The molecule has 0 aromatic heterocycles. The number of carbonyl (C=O) groups excluding carboxylic acids is 2. The number of nitrogens with zero attached hydrogens (tertiary/aromatic N) is 1. The standard InChI is InChI=1S/C16H16F3NO4/c1-4-15(2,3)24-14(22)12-13(21)20(9-23-12)11-7-5-6-10(8-11)16(17,18)19/h4-8,12H,1,9H2,2-3H3. The summed E-state index contributed by atoms with van der Waals surface area (Å²) in [5, 5.41) is 0. The highest BCUT2D eigenvalue weighted by Crippen LogP contribution is 2.32. The zero-order valence-electron chi connectivity index (χ0n) is 13.1. The third-order valence-electron chi connectivity index (χ3n) is 3.42. The van der Waals surface area contributed by atoms with Gasteiger partial charge in [-0.05, 0) is 38.1 Å². The van der Waals surface area contributed by atoms with E-state index in [1.165, 1.54) is 18.2 Å². The molecule has 1 atom stereocenters. The zero-order chi connectivity index (χ0) is 18.1. The van der Waals surface area contributed by atoms with Crippen molar-refractivity contribution in [3.8, 4) is 0 Å². The molecule has 1 aromatic carbocycles. The number of hydrogen-bond acceptors (Lipinski definition) is 4. The Kier molecular flexibility index (Phi) is 4.70. The molecule has 0 radical (unpaired) electrons. The lowest BCUT2D eigenvalue weighted by atomic mass is 10.1. The highest BCUT2D eigenvalue weighted by atomic mass is 19.4. The summed E-state index contributed by atoms with van der Waals surface area (Å²) >= 11 is 0. The molecular weight excluding hydrogens is 327 g/mol. The zero-order valence-corrected chi connectivity index (χ0v) is 13.1. The molecule has 0 aliphatic carbocycles. The molecule has 1 aliphatic rings. The number of rotatable bonds is 4. The average molecular weight is 343 g/mol. The van der Waals surface area contributed by atoms with Crippen LogP contribution in [0.1, 0.15) is 19.4 Å². The van der Waals surface area contributed by atoms with Crippen LogP contribution in [0.25, 0.3) is 0 Å². The second-order valence-electron chi connectivity index (χ2n) is 5.72. The van der Waals surface area contributed by atoms with Crippen molar-refractivity contribution in [1.29, 1.82) is 0 Å². The Bertz CT molecular complexity index is 670. The van der Waals surface area contributed by atoms with E-state index in [2.05, 4.69) is 6.58 Å². The van der Waals surface area contributed by atoms with Crippen molar-refractivity contribution >= 4 is 17.6 Å². The van der Waals surface area contributed by atoms with E-state index in [1.807, 2.05) is 0 Å². The second kappa shape index (κ2) is 6.27. The van der Waals surface area contributed by atoms with Crippen LogP contribution in [0, 0.1) is 0 Å². The van der Waals surface area contributed by atoms with E-state index in [-0.39, 0.29) is 12.4 Å². The van der Waals surface area contributed by atoms with Gasteiger partial charge >= 0.3 is 12.1 Å². The lowest BCUT2D eigenvalue weighted by molar-refractivity contribution is -0.164. The first-order valence-corrected chi connectivity index (χ1v) is 7.02. The van der Waals surface area contributed by atoms with E-state index in [0.717, 1.165) is 17.0 Å². The number of hydrogen-bond donors (Lipinski definition) is 0. The molecule has 1 unspecified atom stereocenters. The largest absolute Gasteiger partial charge is 0.453 e. The number of benzene rings is 1. The summed E-state index contributed by atoms with van der Waals surface area (Å²) in [6.07, 6.45) is -4.67. The van der Waals surface area contributed by atoms with Gasteiger partial charge in [0, 0.05) is 5.69 Å². The van der Waals surface area contributed by atoms with Crippen molar-refractivity contribution in [2.45, 2.75) is 31.7 Å². The van der Waals surface area contributed by atoms with Crippen LogP contribution < -0.4 is 4.90 Å². The molecule has 0 saturated carbocycles. The number of halogens is 3. The summed E-state index contributed by atoms with van der Waals surface area (Å²) in [7, 11) is 0. The molecule has 1 saturated heterocycles. The minimum Gasteiger partial charge on any atom is -0.453 e. The Morgan fingerprint density at radius 2 is 2.08 bits per heavy atom. The number of anilines is 1. The minimum atomic E-state index is -4.54. The molecule has 8 heteroatoms. The lowest BCUT2D eigenvalue weighted by Gasteiger charge is -2.22. The van der Waals surface area contributed by atoms with Crippen molar-refractivity contribution in [1.82, 2.24) is 0 Å². The fourth-order valence-corrected chi connectivity index (χ4v) is 2.00. The molecule has 1 fully saturated rings. The van der Waals surface area contributed by atoms with Crippen LogP contribution in [0.4, 0.5) is 18.9 Å². The van der Waals surface area contributed by atoms with Gasteiger partial charge in [0.2, 0.25) is 6.10 Å². The highest BCUT2D eigenvalue weighted by Gasteiger charge is 2.42. The molecule has 1 aromatic rings. The van der Waals surface area contributed by atoms with Crippen molar-refractivity contribution in [3.63, 3.8) is 0 Å². The molecule has 0 N–H and O–H groups in total. The summed E-state index contributed by atoms with van der Waals surface area (Å²) in [6.45, 7) is 6.31. The van der Waals surface area contributed by atoms with Crippen LogP contribution in [-0.4, -0.2) is 30.3 Å². The molecule has 1 heterocycles. The van der Waals surface area contributed by atoms with Crippen LogP contribution in [0.3, 0.4) is 0 Å². The normalized spacial score (nSPS) is 18.6. The van der Waals surface area contributed by atoms with Crippen molar-refractivity contribution < 1.29 is 32.2 Å². The second-order valence-corrected chi connectivity index (χ2v) is 5.72. The predicted octanol–water partition coefficient (Wildman–Crippen LogP) is 2.90. The Labute approximate surface area is 136 Å². The number of ether oxygens (including phenoxy) is 2. The maximum Gasteiger partial charge on any atom is 0.416 e. The van der Waals surface area contributed by atoms with Gasteiger partial charge in [-0.2, -0.15) is 13.2 Å². The third kappa shape index (κ3) is 3.76. The van der Waals surface area contributed by atoms with E-state index < -0.39 is 35.3 Å². The quantitative estimate of drug-likeness (QED) is 0.479. The first kappa shape index (κ1) is 18.0. The van der Waals surface area contributed by atoms with Gasteiger partial charge in [0.05, 0.1) is 5.56 Å². The summed E-state index contributed by atoms with van der Waals surface area (Å²) in [5.41, 5.74) is -1.90. The van der Waals surface area contributed by atoms with Gasteiger partial charge in [-0.25, -0.2) is 4.79 Å². The Balaban J connectivity index is 2.17. The molecule has 0 bridgehead atoms. The van der Waals surface area contributed by atoms with Gasteiger partial charge in [0.15, 0.2) is 0 Å². The maximum absolute atomic E-state index is 12.8. The highest BCUT2D eigenvalue weighted by molar-refractivity contribution is 6.10. The van der Waals surface area contributed by atoms with Gasteiger partial charge in [-0.15, -0.1) is 0 Å². The van der Waals surface area contributed by atoms with Crippen LogP contribution in [0.2, 0.25) is 0 Å². The molecule has 1 aliphatic heterocycles. The fourth-order valence-electron chi connectivity index (χ4n) is 2.00. The van der Waals surface area contributed by atoms with Crippen LogP contribution in [0.5, 0.6) is 0 Å². The summed E-state index contributed by atoms with van der Waals surface area (Å²) in [4.78, 5) is 25.2. The summed E-state index contributed by atoms with van der Waals surface area (Å²) in [6, 6.07) is 4.22. The number of carbonyl (C=O) groups is 2. The SMILES string of the molecule is C=CC(C)(C)OC(=O)C1OCN(c2cccc(C(F)(F)F)c2)C1=O. The molecule has 5 nitrogen and oxygen atoms in total. The Morgan fingerprint density at radius 1 is 1.42 bits per heavy atom. The molecule has 24 heavy (non-hydrogen) atoms.